The number of anilines is 1. The fourth-order valence-electron chi connectivity index (χ4n) is 5.78. The highest BCUT2D eigenvalue weighted by Gasteiger charge is 2.49. The van der Waals surface area contributed by atoms with Gasteiger partial charge in [-0.05, 0) is 55.2 Å². The second kappa shape index (κ2) is 7.38. The number of amides is 1. The van der Waals surface area contributed by atoms with Crippen LogP contribution in [0.2, 0.25) is 0 Å². The zero-order valence-corrected chi connectivity index (χ0v) is 18.1. The number of nitrogens with zero attached hydrogens (tertiary/aromatic N) is 1. The van der Waals surface area contributed by atoms with E-state index in [1.165, 1.54) is 12.1 Å². The van der Waals surface area contributed by atoms with Gasteiger partial charge in [-0.25, -0.2) is 9.18 Å². The van der Waals surface area contributed by atoms with Gasteiger partial charge in [0.2, 0.25) is 5.91 Å². The number of hydrogen-bond acceptors (Lipinski definition) is 4. The monoisotopic (exact) mass is 415 g/mol. The number of H-pyrrole nitrogens is 1. The van der Waals surface area contributed by atoms with E-state index in [0.29, 0.717) is 16.9 Å². The summed E-state index contributed by atoms with van der Waals surface area (Å²) in [5, 5.41) is 3.32. The van der Waals surface area contributed by atoms with Crippen LogP contribution in [0.5, 0.6) is 0 Å². The summed E-state index contributed by atoms with van der Waals surface area (Å²) in [7, 11) is 0. The van der Waals surface area contributed by atoms with Crippen molar-refractivity contribution in [2.24, 2.45) is 10.8 Å². The summed E-state index contributed by atoms with van der Waals surface area (Å²) in [6.07, 6.45) is 3.33. The average molecular weight is 416 g/mol. The first-order valence-electron chi connectivity index (χ1n) is 10.6. The Balaban J connectivity index is 1.57. The molecule has 1 aromatic carbocycles. The highest BCUT2D eigenvalue weighted by molar-refractivity contribution is 6.11. The maximum atomic E-state index is 13.9. The van der Waals surface area contributed by atoms with E-state index in [-0.39, 0.29) is 41.3 Å². The van der Waals surface area contributed by atoms with E-state index in [1.54, 1.807) is 13.0 Å². The lowest BCUT2D eigenvalue weighted by Crippen LogP contribution is -2.38. The molecule has 2 atom stereocenters. The Hall–Kier alpha value is -2.41. The number of carbonyl (C=O) groups is 2. The van der Waals surface area contributed by atoms with Crippen molar-refractivity contribution in [3.63, 3.8) is 0 Å². The molecule has 1 amide bonds. The molecule has 0 unspecified atom stereocenters. The van der Waals surface area contributed by atoms with Gasteiger partial charge >= 0.3 is 5.97 Å². The van der Waals surface area contributed by atoms with Crippen molar-refractivity contribution in [3.8, 4) is 0 Å². The van der Waals surface area contributed by atoms with Crippen LogP contribution in [0.1, 0.15) is 57.4 Å². The summed E-state index contributed by atoms with van der Waals surface area (Å²) in [4.78, 5) is 30.6. The third kappa shape index (κ3) is 3.95. The van der Waals surface area contributed by atoms with Crippen LogP contribution in [-0.2, 0) is 9.53 Å². The van der Waals surface area contributed by atoms with Crippen molar-refractivity contribution in [2.75, 3.05) is 25.0 Å². The van der Waals surface area contributed by atoms with Crippen LogP contribution < -0.4 is 5.32 Å². The molecule has 1 aliphatic carbocycles. The summed E-state index contributed by atoms with van der Waals surface area (Å²) >= 11 is 0. The number of hydrogen-bond donors (Lipinski definition) is 2. The first-order valence-corrected chi connectivity index (χ1v) is 10.6. The largest absolute Gasteiger partial charge is 0.461 e. The van der Waals surface area contributed by atoms with Gasteiger partial charge in [-0.3, -0.25) is 9.69 Å². The number of aromatic amines is 1. The van der Waals surface area contributed by atoms with Crippen LogP contribution in [-0.4, -0.2) is 47.5 Å². The maximum Gasteiger partial charge on any atom is 0.356 e. The molecule has 2 aromatic rings. The van der Waals surface area contributed by atoms with E-state index in [2.05, 4.69) is 36.0 Å². The fraction of sp³-hybridized carbons (Fsp3) is 0.565. The quantitative estimate of drug-likeness (QED) is 0.713. The zero-order chi connectivity index (χ0) is 21.7. The number of nitrogens with one attached hydrogen (secondary N) is 2. The van der Waals surface area contributed by atoms with Crippen molar-refractivity contribution in [1.29, 1.82) is 0 Å². The first kappa shape index (κ1) is 20.8. The smallest absolute Gasteiger partial charge is 0.356 e. The molecule has 162 valence electrons. The molecule has 2 bridgehead atoms. The van der Waals surface area contributed by atoms with Crippen LogP contribution >= 0.6 is 0 Å². The molecular weight excluding hydrogens is 385 g/mol. The minimum Gasteiger partial charge on any atom is -0.461 e. The van der Waals surface area contributed by atoms with Gasteiger partial charge in [0.15, 0.2) is 0 Å². The van der Waals surface area contributed by atoms with Gasteiger partial charge in [0.25, 0.3) is 0 Å². The molecule has 4 rings (SSSR count). The predicted molar refractivity (Wildman–Crippen MR) is 114 cm³/mol. The molecule has 0 radical (unpaired) electrons. The van der Waals surface area contributed by atoms with Gasteiger partial charge in [0.1, 0.15) is 11.5 Å². The number of aromatic nitrogens is 1. The number of esters is 1. The minimum atomic E-state index is -0.573. The van der Waals surface area contributed by atoms with Gasteiger partial charge < -0.3 is 15.0 Å². The molecule has 7 heteroatoms. The van der Waals surface area contributed by atoms with Gasteiger partial charge in [-0.15, -0.1) is 0 Å². The van der Waals surface area contributed by atoms with Gasteiger partial charge in [-0.2, -0.15) is 0 Å². The fourth-order valence-corrected chi connectivity index (χ4v) is 5.78. The molecule has 2 heterocycles. The summed E-state index contributed by atoms with van der Waals surface area (Å²) in [6, 6.07) is 4.56. The first-order chi connectivity index (χ1) is 14.1. The Morgan fingerprint density at radius 2 is 2.07 bits per heavy atom. The van der Waals surface area contributed by atoms with E-state index in [1.807, 2.05) is 0 Å². The highest BCUT2D eigenvalue weighted by atomic mass is 19.1. The molecule has 1 saturated heterocycles. The number of carbonyl (C=O) groups excluding carboxylic acids is 2. The third-order valence-electron chi connectivity index (χ3n) is 6.37. The Kier molecular flexibility index (Phi) is 5.12. The molecule has 2 fully saturated rings. The standard InChI is InChI=1S/C23H30FN3O3/c1-5-30-21(29)20-19(16-8-14(24)6-7-17(16)25-20)26-18(28)11-27-13-23(4)10-15(27)9-22(2,3)12-23/h6-8,15,25H,5,9-13H2,1-4H3,(H,26,28)/t15-,23+/m0/s1. The van der Waals surface area contributed by atoms with Crippen LogP contribution in [0.15, 0.2) is 18.2 Å². The third-order valence-corrected chi connectivity index (χ3v) is 6.37. The van der Waals surface area contributed by atoms with Crippen molar-refractivity contribution >= 4 is 28.5 Å². The van der Waals surface area contributed by atoms with Gasteiger partial charge in [-0.1, -0.05) is 20.8 Å². The lowest BCUT2D eigenvalue weighted by Gasteiger charge is -2.39. The van der Waals surface area contributed by atoms with E-state index in [9.17, 15) is 14.0 Å². The number of halogens is 1. The predicted octanol–water partition coefficient (Wildman–Crippen LogP) is 4.32. The normalized spacial score (nSPS) is 25.4. The number of rotatable bonds is 5. The summed E-state index contributed by atoms with van der Waals surface area (Å²) in [5.74, 6) is -1.22. The Labute approximate surface area is 176 Å². The van der Waals surface area contributed by atoms with E-state index in [4.69, 9.17) is 4.74 Å². The van der Waals surface area contributed by atoms with E-state index >= 15 is 0 Å². The molecule has 1 saturated carbocycles. The molecule has 30 heavy (non-hydrogen) atoms. The van der Waals surface area contributed by atoms with Crippen molar-refractivity contribution in [1.82, 2.24) is 9.88 Å². The lowest BCUT2D eigenvalue weighted by atomic mass is 9.65. The molecule has 1 aromatic heterocycles. The van der Waals surface area contributed by atoms with E-state index in [0.717, 1.165) is 25.8 Å². The maximum absolute atomic E-state index is 13.9. The second-order valence-electron chi connectivity index (χ2n) is 9.95. The summed E-state index contributed by atoms with van der Waals surface area (Å²) in [5.41, 5.74) is 1.49. The average Bonchev–Trinajstić information content (AvgIpc) is 3.08. The van der Waals surface area contributed by atoms with Crippen LogP contribution in [0.3, 0.4) is 0 Å². The Morgan fingerprint density at radius 3 is 2.80 bits per heavy atom. The highest BCUT2D eigenvalue weighted by Crippen LogP contribution is 2.52. The Morgan fingerprint density at radius 1 is 1.30 bits per heavy atom. The number of ether oxygens (including phenoxy) is 1. The van der Waals surface area contributed by atoms with E-state index < -0.39 is 11.8 Å². The van der Waals surface area contributed by atoms with Crippen LogP contribution in [0.4, 0.5) is 10.1 Å². The number of fused-ring (bicyclic) bond motifs is 3. The second-order valence-corrected chi connectivity index (χ2v) is 9.95. The van der Waals surface area contributed by atoms with Crippen molar-refractivity contribution in [2.45, 2.75) is 53.0 Å². The summed E-state index contributed by atoms with van der Waals surface area (Å²) in [6.45, 7) is 9.97. The van der Waals surface area contributed by atoms with Gasteiger partial charge in [0, 0.05) is 23.5 Å². The molecule has 0 spiro atoms. The minimum absolute atomic E-state index is 0.138. The SMILES string of the molecule is CCOC(=O)c1[nH]c2ccc(F)cc2c1NC(=O)CN1C[C@]2(C)C[C@@H]1CC(C)(C)C2. The van der Waals surface area contributed by atoms with Crippen LogP contribution in [0.25, 0.3) is 10.9 Å². The van der Waals surface area contributed by atoms with Crippen molar-refractivity contribution < 1.29 is 18.7 Å². The number of benzene rings is 1. The van der Waals surface area contributed by atoms with Crippen molar-refractivity contribution in [3.05, 3.63) is 29.7 Å². The van der Waals surface area contributed by atoms with Gasteiger partial charge in [0.05, 0.1) is 18.8 Å². The molecule has 2 aliphatic rings. The molecule has 1 aliphatic heterocycles. The van der Waals surface area contributed by atoms with Crippen LogP contribution in [0, 0.1) is 16.6 Å². The molecular formula is C23H30FN3O3. The topological polar surface area (TPSA) is 74.4 Å². The Bertz CT molecular complexity index is 999. The summed E-state index contributed by atoms with van der Waals surface area (Å²) < 4.78 is 19.0. The number of likely N-dealkylation sites (tertiary alicyclic amines) is 1. The molecule has 2 N–H and O–H groups in total. The zero-order valence-electron chi connectivity index (χ0n) is 18.1. The lowest BCUT2D eigenvalue weighted by molar-refractivity contribution is -0.117. The molecule has 6 nitrogen and oxygen atoms in total.